The standard InChI is InChI=1S/C20H32N2O3/c1-16-6-5-9-19(16)25-15-17(23)14-21-10-12-22(13-11-21)18-7-3-4-8-20(18)24-2/h3-4,7-8,16-17,19,23H,5-6,9-15H2,1-2H3/t16-,17-,19+/m1/s1. The van der Waals surface area contributed by atoms with Crippen molar-refractivity contribution in [3.63, 3.8) is 0 Å². The average Bonchev–Trinajstić information content (AvgIpc) is 3.05. The molecule has 1 aromatic carbocycles. The van der Waals surface area contributed by atoms with E-state index in [0.29, 0.717) is 25.2 Å². The Morgan fingerprint density at radius 1 is 1.16 bits per heavy atom. The summed E-state index contributed by atoms with van der Waals surface area (Å²) in [6.07, 6.45) is 3.60. The highest BCUT2D eigenvalue weighted by atomic mass is 16.5. The zero-order valence-corrected chi connectivity index (χ0v) is 15.6. The van der Waals surface area contributed by atoms with Crippen LogP contribution in [0, 0.1) is 5.92 Å². The van der Waals surface area contributed by atoms with E-state index in [9.17, 15) is 5.11 Å². The monoisotopic (exact) mass is 348 g/mol. The molecule has 3 atom stereocenters. The van der Waals surface area contributed by atoms with E-state index in [1.807, 2.05) is 12.1 Å². The molecule has 1 aliphatic carbocycles. The first kappa shape index (κ1) is 18.5. The van der Waals surface area contributed by atoms with Crippen molar-refractivity contribution in [2.75, 3.05) is 51.3 Å². The third-order valence-corrected chi connectivity index (χ3v) is 5.55. The summed E-state index contributed by atoms with van der Waals surface area (Å²) in [7, 11) is 1.72. The molecule has 1 heterocycles. The highest BCUT2D eigenvalue weighted by Crippen LogP contribution is 2.29. The van der Waals surface area contributed by atoms with Crippen LogP contribution in [0.4, 0.5) is 5.69 Å². The number of ether oxygens (including phenoxy) is 2. The minimum Gasteiger partial charge on any atom is -0.495 e. The summed E-state index contributed by atoms with van der Waals surface area (Å²) in [5.74, 6) is 1.56. The van der Waals surface area contributed by atoms with Gasteiger partial charge in [-0.15, -0.1) is 0 Å². The van der Waals surface area contributed by atoms with E-state index in [1.165, 1.54) is 12.8 Å². The summed E-state index contributed by atoms with van der Waals surface area (Å²) >= 11 is 0. The Morgan fingerprint density at radius 2 is 1.92 bits per heavy atom. The van der Waals surface area contributed by atoms with E-state index in [4.69, 9.17) is 9.47 Å². The number of β-amino-alcohol motifs (C(OH)–C–C–N with tert-alkyl or cyclic N) is 1. The first-order valence-electron chi connectivity index (χ1n) is 9.57. The van der Waals surface area contributed by atoms with Crippen molar-refractivity contribution >= 4 is 5.69 Å². The Labute approximate surface area is 151 Å². The van der Waals surface area contributed by atoms with Crippen molar-refractivity contribution in [1.29, 1.82) is 0 Å². The molecule has 2 aliphatic rings. The highest BCUT2D eigenvalue weighted by Gasteiger charge is 2.26. The first-order valence-corrected chi connectivity index (χ1v) is 9.57. The van der Waals surface area contributed by atoms with E-state index in [2.05, 4.69) is 28.9 Å². The van der Waals surface area contributed by atoms with Gasteiger partial charge in [-0.05, 0) is 30.9 Å². The molecule has 0 amide bonds. The number of para-hydroxylation sites is 2. The van der Waals surface area contributed by atoms with Crippen molar-refractivity contribution in [3.05, 3.63) is 24.3 Å². The lowest BCUT2D eigenvalue weighted by Gasteiger charge is -2.37. The molecular weight excluding hydrogens is 316 g/mol. The van der Waals surface area contributed by atoms with Gasteiger partial charge in [0.2, 0.25) is 0 Å². The average molecular weight is 348 g/mol. The van der Waals surface area contributed by atoms with Gasteiger partial charge in [0.1, 0.15) is 5.75 Å². The summed E-state index contributed by atoms with van der Waals surface area (Å²) < 4.78 is 11.4. The van der Waals surface area contributed by atoms with E-state index < -0.39 is 6.10 Å². The molecule has 5 nitrogen and oxygen atoms in total. The van der Waals surface area contributed by atoms with Crippen LogP contribution in [-0.2, 0) is 4.74 Å². The van der Waals surface area contributed by atoms with Gasteiger partial charge in [0.15, 0.2) is 0 Å². The van der Waals surface area contributed by atoms with Crippen molar-refractivity contribution < 1.29 is 14.6 Å². The number of hydrogen-bond acceptors (Lipinski definition) is 5. The smallest absolute Gasteiger partial charge is 0.142 e. The van der Waals surface area contributed by atoms with Crippen molar-refractivity contribution in [2.45, 2.75) is 38.4 Å². The lowest BCUT2D eigenvalue weighted by Crippen LogP contribution is -2.49. The Balaban J connectivity index is 1.41. The van der Waals surface area contributed by atoms with Crippen LogP contribution in [-0.4, -0.2) is 68.7 Å². The molecule has 2 fully saturated rings. The highest BCUT2D eigenvalue weighted by molar-refractivity contribution is 5.58. The fraction of sp³-hybridized carbons (Fsp3) is 0.700. The maximum atomic E-state index is 10.3. The number of hydrogen-bond donors (Lipinski definition) is 1. The lowest BCUT2D eigenvalue weighted by molar-refractivity contribution is -0.0321. The number of aliphatic hydroxyl groups is 1. The normalized spacial score (nSPS) is 26.0. The molecule has 25 heavy (non-hydrogen) atoms. The minimum absolute atomic E-state index is 0.344. The number of benzene rings is 1. The summed E-state index contributed by atoms with van der Waals surface area (Å²) in [4.78, 5) is 4.69. The van der Waals surface area contributed by atoms with E-state index in [1.54, 1.807) is 7.11 Å². The van der Waals surface area contributed by atoms with Crippen LogP contribution in [0.2, 0.25) is 0 Å². The molecule has 0 aromatic heterocycles. The Morgan fingerprint density at radius 3 is 2.60 bits per heavy atom. The Hall–Kier alpha value is -1.30. The van der Waals surface area contributed by atoms with Gasteiger partial charge in [-0.2, -0.15) is 0 Å². The molecule has 1 N–H and O–H groups in total. The number of piperazine rings is 1. The van der Waals surface area contributed by atoms with Gasteiger partial charge >= 0.3 is 0 Å². The Kier molecular flexibility index (Phi) is 6.57. The second-order valence-electron chi connectivity index (χ2n) is 7.39. The molecule has 1 aliphatic heterocycles. The van der Waals surface area contributed by atoms with Crippen LogP contribution in [0.25, 0.3) is 0 Å². The van der Waals surface area contributed by atoms with Gasteiger partial charge in [-0.1, -0.05) is 25.5 Å². The molecule has 0 unspecified atom stereocenters. The number of aliphatic hydroxyl groups excluding tert-OH is 1. The number of methoxy groups -OCH3 is 1. The van der Waals surface area contributed by atoms with Crippen molar-refractivity contribution in [3.8, 4) is 5.75 Å². The van der Waals surface area contributed by atoms with Crippen LogP contribution in [0.3, 0.4) is 0 Å². The molecular formula is C20H32N2O3. The summed E-state index contributed by atoms with van der Waals surface area (Å²) in [5.41, 5.74) is 1.16. The Bertz CT molecular complexity index is 531. The summed E-state index contributed by atoms with van der Waals surface area (Å²) in [6.45, 7) is 7.22. The van der Waals surface area contributed by atoms with Crippen LogP contribution < -0.4 is 9.64 Å². The predicted molar refractivity (Wildman–Crippen MR) is 100 cm³/mol. The van der Waals surface area contributed by atoms with E-state index in [-0.39, 0.29) is 0 Å². The zero-order chi connectivity index (χ0) is 17.6. The largest absolute Gasteiger partial charge is 0.495 e. The van der Waals surface area contributed by atoms with Crippen LogP contribution in [0.15, 0.2) is 24.3 Å². The molecule has 140 valence electrons. The van der Waals surface area contributed by atoms with Crippen LogP contribution in [0.5, 0.6) is 5.75 Å². The van der Waals surface area contributed by atoms with Crippen LogP contribution >= 0.6 is 0 Å². The molecule has 0 bridgehead atoms. The molecule has 1 aromatic rings. The van der Waals surface area contributed by atoms with Gasteiger partial charge in [0.05, 0.1) is 31.6 Å². The third kappa shape index (κ3) is 4.87. The lowest BCUT2D eigenvalue weighted by atomic mass is 10.1. The van der Waals surface area contributed by atoms with Gasteiger partial charge < -0.3 is 19.5 Å². The SMILES string of the molecule is COc1ccccc1N1CCN(C[C@@H](O)CO[C@H]2CCC[C@H]2C)CC1. The van der Waals surface area contributed by atoms with Gasteiger partial charge in [-0.3, -0.25) is 4.90 Å². The molecule has 1 saturated heterocycles. The van der Waals surface area contributed by atoms with Gasteiger partial charge in [0.25, 0.3) is 0 Å². The predicted octanol–water partition coefficient (Wildman–Crippen LogP) is 2.38. The fourth-order valence-electron chi connectivity index (χ4n) is 4.01. The fourth-order valence-corrected chi connectivity index (χ4v) is 4.01. The van der Waals surface area contributed by atoms with Crippen molar-refractivity contribution in [1.82, 2.24) is 4.90 Å². The van der Waals surface area contributed by atoms with E-state index >= 15 is 0 Å². The molecule has 3 rings (SSSR count). The number of anilines is 1. The second-order valence-corrected chi connectivity index (χ2v) is 7.39. The third-order valence-electron chi connectivity index (χ3n) is 5.55. The van der Waals surface area contributed by atoms with Crippen LogP contribution in [0.1, 0.15) is 26.2 Å². The molecule has 0 spiro atoms. The zero-order valence-electron chi connectivity index (χ0n) is 15.6. The van der Waals surface area contributed by atoms with E-state index in [0.717, 1.165) is 44.0 Å². The first-order chi connectivity index (χ1) is 12.2. The number of nitrogens with zero attached hydrogens (tertiary/aromatic N) is 2. The summed E-state index contributed by atoms with van der Waals surface area (Å²) in [6, 6.07) is 8.17. The summed E-state index contributed by atoms with van der Waals surface area (Å²) in [5, 5.41) is 10.3. The molecule has 0 radical (unpaired) electrons. The second kappa shape index (κ2) is 8.88. The van der Waals surface area contributed by atoms with Gasteiger partial charge in [-0.25, -0.2) is 0 Å². The number of rotatable bonds is 7. The van der Waals surface area contributed by atoms with Gasteiger partial charge in [0, 0.05) is 32.7 Å². The van der Waals surface area contributed by atoms with Crippen molar-refractivity contribution in [2.24, 2.45) is 5.92 Å². The minimum atomic E-state index is -0.398. The molecule has 5 heteroatoms. The molecule has 1 saturated carbocycles. The maximum Gasteiger partial charge on any atom is 0.142 e. The topological polar surface area (TPSA) is 45.2 Å². The maximum absolute atomic E-state index is 10.3. The quantitative estimate of drug-likeness (QED) is 0.820.